The predicted octanol–water partition coefficient (Wildman–Crippen LogP) is 5.15. The van der Waals surface area contributed by atoms with Gasteiger partial charge in [0.1, 0.15) is 0 Å². The SMILES string of the molecule is COC(C)Cc1ccc2c(ccc3ccccc32)c1CC(C)OC. The molecular formula is C22H26O2. The molecule has 0 saturated carbocycles. The fourth-order valence-corrected chi connectivity index (χ4v) is 3.39. The second kappa shape index (κ2) is 7.33. The van der Waals surface area contributed by atoms with Crippen LogP contribution < -0.4 is 0 Å². The molecule has 0 fully saturated rings. The molecule has 2 atom stereocenters. The van der Waals surface area contributed by atoms with Crippen LogP contribution in [0.4, 0.5) is 0 Å². The Bertz CT molecular complexity index is 838. The number of hydrogen-bond acceptors (Lipinski definition) is 2. The van der Waals surface area contributed by atoms with Gasteiger partial charge in [-0.3, -0.25) is 0 Å². The minimum Gasteiger partial charge on any atom is -0.381 e. The topological polar surface area (TPSA) is 18.5 Å². The molecule has 2 heteroatoms. The quantitative estimate of drug-likeness (QED) is 0.584. The van der Waals surface area contributed by atoms with Crippen LogP contribution in [0.25, 0.3) is 21.5 Å². The number of hydrogen-bond donors (Lipinski definition) is 0. The van der Waals surface area contributed by atoms with Crippen LogP contribution in [0.1, 0.15) is 25.0 Å². The molecule has 0 aliphatic carbocycles. The van der Waals surface area contributed by atoms with Crippen LogP contribution in [-0.2, 0) is 22.3 Å². The van der Waals surface area contributed by atoms with Crippen LogP contribution in [-0.4, -0.2) is 26.4 Å². The van der Waals surface area contributed by atoms with Crippen LogP contribution in [0.15, 0.2) is 48.5 Å². The van der Waals surface area contributed by atoms with E-state index >= 15 is 0 Å². The van der Waals surface area contributed by atoms with Gasteiger partial charge >= 0.3 is 0 Å². The van der Waals surface area contributed by atoms with Gasteiger partial charge in [0.25, 0.3) is 0 Å². The second-order valence-corrected chi connectivity index (χ2v) is 6.59. The Kier molecular flexibility index (Phi) is 5.17. The summed E-state index contributed by atoms with van der Waals surface area (Å²) in [4.78, 5) is 0. The number of methoxy groups -OCH3 is 2. The van der Waals surface area contributed by atoms with E-state index in [4.69, 9.17) is 9.47 Å². The number of rotatable bonds is 6. The molecular weight excluding hydrogens is 296 g/mol. The van der Waals surface area contributed by atoms with Gasteiger partial charge in [-0.1, -0.05) is 48.5 Å². The number of fused-ring (bicyclic) bond motifs is 3. The average Bonchev–Trinajstić information content (AvgIpc) is 2.62. The maximum absolute atomic E-state index is 5.55. The van der Waals surface area contributed by atoms with Crippen molar-refractivity contribution in [1.29, 1.82) is 0 Å². The zero-order valence-corrected chi connectivity index (χ0v) is 15.0. The summed E-state index contributed by atoms with van der Waals surface area (Å²) in [6, 6.07) is 17.6. The van der Waals surface area contributed by atoms with Crippen LogP contribution in [0, 0.1) is 0 Å². The lowest BCUT2D eigenvalue weighted by Crippen LogP contribution is -2.14. The molecule has 0 aromatic heterocycles. The largest absolute Gasteiger partial charge is 0.381 e. The van der Waals surface area contributed by atoms with Crippen molar-refractivity contribution in [1.82, 2.24) is 0 Å². The normalized spacial score (nSPS) is 14.2. The molecule has 0 radical (unpaired) electrons. The van der Waals surface area contributed by atoms with Gasteiger partial charge in [-0.15, -0.1) is 0 Å². The Morgan fingerprint density at radius 2 is 1.38 bits per heavy atom. The molecule has 2 nitrogen and oxygen atoms in total. The summed E-state index contributed by atoms with van der Waals surface area (Å²) in [6.07, 6.45) is 2.24. The van der Waals surface area contributed by atoms with Crippen LogP contribution in [0.2, 0.25) is 0 Å². The summed E-state index contributed by atoms with van der Waals surface area (Å²) in [5.41, 5.74) is 2.74. The monoisotopic (exact) mass is 322 g/mol. The molecule has 126 valence electrons. The van der Waals surface area contributed by atoms with Gasteiger partial charge in [0.05, 0.1) is 12.2 Å². The fourth-order valence-electron chi connectivity index (χ4n) is 3.39. The van der Waals surface area contributed by atoms with Gasteiger partial charge < -0.3 is 9.47 Å². The summed E-state index contributed by atoms with van der Waals surface area (Å²) < 4.78 is 11.0. The minimum atomic E-state index is 0.193. The van der Waals surface area contributed by atoms with E-state index in [9.17, 15) is 0 Å². The van der Waals surface area contributed by atoms with E-state index in [0.717, 1.165) is 12.8 Å². The van der Waals surface area contributed by atoms with E-state index in [1.807, 2.05) is 0 Å². The van der Waals surface area contributed by atoms with Crippen molar-refractivity contribution in [3.05, 3.63) is 59.7 Å². The highest BCUT2D eigenvalue weighted by molar-refractivity contribution is 6.08. The van der Waals surface area contributed by atoms with Crippen molar-refractivity contribution >= 4 is 21.5 Å². The first-order valence-electron chi connectivity index (χ1n) is 8.61. The Labute approximate surface area is 144 Å². The molecule has 0 saturated heterocycles. The lowest BCUT2D eigenvalue weighted by atomic mass is 9.90. The van der Waals surface area contributed by atoms with Crippen molar-refractivity contribution < 1.29 is 9.47 Å². The van der Waals surface area contributed by atoms with Gasteiger partial charge in [-0.25, -0.2) is 0 Å². The van der Waals surface area contributed by atoms with Gasteiger partial charge in [-0.05, 0) is 59.4 Å². The molecule has 3 aromatic carbocycles. The summed E-state index contributed by atoms with van der Waals surface area (Å²) in [5, 5.41) is 5.25. The third-order valence-electron chi connectivity index (χ3n) is 4.94. The Balaban J connectivity index is 2.20. The van der Waals surface area contributed by atoms with Gasteiger partial charge in [-0.2, -0.15) is 0 Å². The molecule has 0 aliphatic rings. The molecule has 0 bridgehead atoms. The van der Waals surface area contributed by atoms with Crippen molar-refractivity contribution in [2.24, 2.45) is 0 Å². The van der Waals surface area contributed by atoms with Crippen molar-refractivity contribution in [3.8, 4) is 0 Å². The van der Waals surface area contributed by atoms with Gasteiger partial charge in [0, 0.05) is 14.2 Å². The second-order valence-electron chi connectivity index (χ2n) is 6.59. The molecule has 3 rings (SSSR count). The van der Waals surface area contributed by atoms with E-state index in [1.54, 1.807) is 14.2 Å². The molecule has 0 aliphatic heterocycles. The van der Waals surface area contributed by atoms with Crippen LogP contribution in [0.5, 0.6) is 0 Å². The molecule has 24 heavy (non-hydrogen) atoms. The number of benzene rings is 3. The highest BCUT2D eigenvalue weighted by Crippen LogP contribution is 2.31. The van der Waals surface area contributed by atoms with Crippen molar-refractivity contribution in [2.45, 2.75) is 38.9 Å². The highest BCUT2D eigenvalue weighted by Gasteiger charge is 2.14. The lowest BCUT2D eigenvalue weighted by Gasteiger charge is -2.19. The number of ether oxygens (including phenoxy) is 2. The minimum absolute atomic E-state index is 0.193. The average molecular weight is 322 g/mol. The summed E-state index contributed by atoms with van der Waals surface area (Å²) >= 11 is 0. The first kappa shape index (κ1) is 16.9. The lowest BCUT2D eigenvalue weighted by molar-refractivity contribution is 0.114. The molecule has 0 heterocycles. The summed E-state index contributed by atoms with van der Waals surface area (Å²) in [5.74, 6) is 0. The predicted molar refractivity (Wildman–Crippen MR) is 102 cm³/mol. The smallest absolute Gasteiger partial charge is 0.0583 e. The first-order valence-corrected chi connectivity index (χ1v) is 8.61. The first-order chi connectivity index (χ1) is 11.6. The fraction of sp³-hybridized carbons (Fsp3) is 0.364. The van der Waals surface area contributed by atoms with Crippen molar-refractivity contribution in [3.63, 3.8) is 0 Å². The van der Waals surface area contributed by atoms with Gasteiger partial charge in [0.15, 0.2) is 0 Å². The maximum Gasteiger partial charge on any atom is 0.0583 e. The molecule has 3 aromatic rings. The summed E-state index contributed by atoms with van der Waals surface area (Å²) in [6.45, 7) is 4.25. The maximum atomic E-state index is 5.55. The van der Waals surface area contributed by atoms with E-state index in [0.29, 0.717) is 0 Å². The zero-order chi connectivity index (χ0) is 17.1. The summed E-state index contributed by atoms with van der Waals surface area (Å²) in [7, 11) is 3.55. The molecule has 0 N–H and O–H groups in total. The third-order valence-corrected chi connectivity index (χ3v) is 4.94. The Hall–Kier alpha value is -1.90. The standard InChI is InChI=1S/C22H26O2/c1-15(23-3)13-18-10-12-20-19-8-6-5-7-17(19)9-11-21(20)22(18)14-16(2)24-4/h5-12,15-16H,13-14H2,1-4H3. The van der Waals surface area contributed by atoms with E-state index in [-0.39, 0.29) is 12.2 Å². The van der Waals surface area contributed by atoms with E-state index in [2.05, 4.69) is 62.4 Å². The molecule has 0 spiro atoms. The van der Waals surface area contributed by atoms with E-state index < -0.39 is 0 Å². The van der Waals surface area contributed by atoms with E-state index in [1.165, 1.54) is 32.7 Å². The Morgan fingerprint density at radius 3 is 2.12 bits per heavy atom. The van der Waals surface area contributed by atoms with Crippen molar-refractivity contribution in [2.75, 3.05) is 14.2 Å². The van der Waals surface area contributed by atoms with Gasteiger partial charge in [0.2, 0.25) is 0 Å². The molecule has 2 unspecified atom stereocenters. The highest BCUT2D eigenvalue weighted by atomic mass is 16.5. The Morgan fingerprint density at radius 1 is 0.708 bits per heavy atom. The van der Waals surface area contributed by atoms with Crippen LogP contribution in [0.3, 0.4) is 0 Å². The molecule has 0 amide bonds. The zero-order valence-electron chi connectivity index (χ0n) is 15.0. The third kappa shape index (κ3) is 3.31. The van der Waals surface area contributed by atoms with Crippen LogP contribution >= 0.6 is 0 Å².